The fourth-order valence-corrected chi connectivity index (χ4v) is 4.33. The minimum atomic E-state index is -0.974. The number of carboxylic acids is 1. The molecule has 0 atom stereocenters. The van der Waals surface area contributed by atoms with Crippen molar-refractivity contribution in [2.45, 2.75) is 32.1 Å². The second-order valence-corrected chi connectivity index (χ2v) is 7.78. The van der Waals surface area contributed by atoms with Crippen LogP contribution in [0.25, 0.3) is 10.1 Å². The van der Waals surface area contributed by atoms with Gasteiger partial charge >= 0.3 is 5.97 Å². The molecule has 7 heteroatoms. The normalized spacial score (nSPS) is 13.8. The Morgan fingerprint density at radius 2 is 1.89 bits per heavy atom. The lowest BCUT2D eigenvalue weighted by molar-refractivity contribution is 0.0702. The second kappa shape index (κ2) is 7.00. The van der Waals surface area contributed by atoms with Gasteiger partial charge in [0, 0.05) is 16.1 Å². The summed E-state index contributed by atoms with van der Waals surface area (Å²) in [5.41, 5.74) is 2.23. The van der Waals surface area contributed by atoms with Gasteiger partial charge in [0.25, 0.3) is 11.5 Å². The van der Waals surface area contributed by atoms with Gasteiger partial charge in [-0.15, -0.1) is 11.3 Å². The van der Waals surface area contributed by atoms with E-state index in [0.29, 0.717) is 5.69 Å². The number of carboxylic acid groups (broad SMARTS) is 1. The number of pyridine rings is 1. The molecule has 0 unspecified atom stereocenters. The van der Waals surface area contributed by atoms with Crippen LogP contribution in [-0.4, -0.2) is 22.0 Å². The molecule has 1 aliphatic carbocycles. The number of aryl methyl sites for hydroxylation is 2. The number of aromatic amines is 1. The van der Waals surface area contributed by atoms with Gasteiger partial charge in [0.1, 0.15) is 10.4 Å². The number of benzene rings is 1. The minimum absolute atomic E-state index is 0.104. The average molecular weight is 382 g/mol. The molecule has 0 bridgehead atoms. The number of H-pyrrole nitrogens is 1. The number of carbonyl (C=O) groups excluding carboxylic acids is 1. The summed E-state index contributed by atoms with van der Waals surface area (Å²) >= 11 is 1.18. The number of thiophene rings is 1. The number of amides is 1. The van der Waals surface area contributed by atoms with E-state index in [1.54, 1.807) is 30.3 Å². The Kier molecular flexibility index (Phi) is 4.53. The maximum atomic E-state index is 12.6. The molecular weight excluding hydrogens is 364 g/mol. The molecule has 1 aromatic carbocycles. The van der Waals surface area contributed by atoms with Crippen LogP contribution in [0.5, 0.6) is 0 Å². The molecule has 27 heavy (non-hydrogen) atoms. The molecule has 0 radical (unpaired) electrons. The van der Waals surface area contributed by atoms with Crippen LogP contribution in [0.4, 0.5) is 5.69 Å². The zero-order valence-corrected chi connectivity index (χ0v) is 15.3. The first kappa shape index (κ1) is 17.5. The highest BCUT2D eigenvalue weighted by Gasteiger charge is 2.17. The van der Waals surface area contributed by atoms with E-state index in [-0.39, 0.29) is 16.0 Å². The lowest BCUT2D eigenvalue weighted by Crippen LogP contribution is -2.25. The fourth-order valence-electron chi connectivity index (χ4n) is 3.45. The molecule has 3 aromatic rings. The summed E-state index contributed by atoms with van der Waals surface area (Å²) in [4.78, 5) is 39.2. The zero-order chi connectivity index (χ0) is 19.0. The minimum Gasteiger partial charge on any atom is -0.477 e. The molecule has 0 saturated carbocycles. The summed E-state index contributed by atoms with van der Waals surface area (Å²) in [6.45, 7) is 0. The molecule has 0 fully saturated rings. The lowest BCUT2D eigenvalue weighted by atomic mass is 10.1. The molecule has 3 N–H and O–H groups in total. The summed E-state index contributed by atoms with van der Waals surface area (Å²) in [6, 6.07) is 8.48. The first-order valence-electron chi connectivity index (χ1n) is 8.84. The van der Waals surface area contributed by atoms with E-state index in [1.807, 2.05) is 0 Å². The third kappa shape index (κ3) is 3.50. The summed E-state index contributed by atoms with van der Waals surface area (Å²) in [5, 5.41) is 12.6. The third-order valence-electron chi connectivity index (χ3n) is 4.82. The van der Waals surface area contributed by atoms with Crippen LogP contribution in [0.15, 0.2) is 35.1 Å². The number of anilines is 1. The molecule has 0 aliphatic heterocycles. The fraction of sp³-hybridized carbons (Fsp3) is 0.250. The molecule has 0 saturated heterocycles. The number of aromatic carboxylic acids is 1. The summed E-state index contributed by atoms with van der Waals surface area (Å²) in [5.74, 6) is -1.44. The quantitative estimate of drug-likeness (QED) is 0.600. The largest absolute Gasteiger partial charge is 0.477 e. The standard InChI is InChI=1S/C20H18N2O4S/c23-18(14-9-11-4-2-1-3-5-15(11)22-19(14)24)21-13-6-7-16-12(8-13)10-17(27-16)20(25)26/h6-10H,1-5H2,(H,21,23)(H,22,24)(H,25,26). The SMILES string of the molecule is O=C(O)c1cc2cc(NC(=O)c3cc4c([nH]c3=O)CCCCC4)ccc2s1. The van der Waals surface area contributed by atoms with E-state index in [4.69, 9.17) is 5.11 Å². The number of rotatable bonds is 3. The van der Waals surface area contributed by atoms with Gasteiger partial charge < -0.3 is 15.4 Å². The van der Waals surface area contributed by atoms with E-state index >= 15 is 0 Å². The zero-order valence-electron chi connectivity index (χ0n) is 14.5. The molecule has 0 spiro atoms. The van der Waals surface area contributed by atoms with Gasteiger partial charge in [0.2, 0.25) is 0 Å². The molecule has 4 rings (SSSR count). The van der Waals surface area contributed by atoms with Crippen LogP contribution < -0.4 is 10.9 Å². The van der Waals surface area contributed by atoms with E-state index in [0.717, 1.165) is 53.4 Å². The summed E-state index contributed by atoms with van der Waals surface area (Å²) < 4.78 is 0.827. The van der Waals surface area contributed by atoms with Crippen LogP contribution in [-0.2, 0) is 12.8 Å². The van der Waals surface area contributed by atoms with E-state index in [2.05, 4.69) is 10.3 Å². The maximum Gasteiger partial charge on any atom is 0.345 e. The van der Waals surface area contributed by atoms with Crippen molar-refractivity contribution < 1.29 is 14.7 Å². The lowest BCUT2D eigenvalue weighted by Gasteiger charge is -2.09. The first-order valence-corrected chi connectivity index (χ1v) is 9.66. The molecule has 138 valence electrons. The molecule has 2 aromatic heterocycles. The Balaban J connectivity index is 1.62. The average Bonchev–Trinajstić information content (AvgIpc) is 2.93. The predicted octanol–water partition coefficient (Wildman–Crippen LogP) is 3.81. The van der Waals surface area contributed by atoms with Crippen molar-refractivity contribution in [3.63, 3.8) is 0 Å². The van der Waals surface area contributed by atoms with Crippen LogP contribution in [0.3, 0.4) is 0 Å². The molecule has 1 aliphatic rings. The van der Waals surface area contributed by atoms with Gasteiger partial charge in [-0.05, 0) is 67.0 Å². The number of nitrogens with one attached hydrogen (secondary N) is 2. The highest BCUT2D eigenvalue weighted by atomic mass is 32.1. The van der Waals surface area contributed by atoms with Crippen molar-refractivity contribution in [3.8, 4) is 0 Å². The van der Waals surface area contributed by atoms with Gasteiger partial charge in [-0.25, -0.2) is 4.79 Å². The van der Waals surface area contributed by atoms with Gasteiger partial charge in [-0.2, -0.15) is 0 Å². The van der Waals surface area contributed by atoms with Crippen molar-refractivity contribution in [1.29, 1.82) is 0 Å². The number of hydrogen-bond acceptors (Lipinski definition) is 4. The molecule has 1 amide bonds. The van der Waals surface area contributed by atoms with Gasteiger partial charge in [0.15, 0.2) is 0 Å². The van der Waals surface area contributed by atoms with Crippen molar-refractivity contribution in [1.82, 2.24) is 4.98 Å². The van der Waals surface area contributed by atoms with Crippen LogP contribution in [0.2, 0.25) is 0 Å². The molecule has 2 heterocycles. The second-order valence-electron chi connectivity index (χ2n) is 6.70. The van der Waals surface area contributed by atoms with E-state index in [1.165, 1.54) is 11.3 Å². The van der Waals surface area contributed by atoms with Gasteiger partial charge in [-0.3, -0.25) is 9.59 Å². The van der Waals surface area contributed by atoms with Crippen LogP contribution in [0, 0.1) is 0 Å². The Morgan fingerprint density at radius 3 is 2.70 bits per heavy atom. The van der Waals surface area contributed by atoms with Crippen LogP contribution in [0.1, 0.15) is 50.5 Å². The topological polar surface area (TPSA) is 99.3 Å². The Bertz CT molecular complexity index is 1110. The monoisotopic (exact) mass is 382 g/mol. The Hall–Kier alpha value is -2.93. The summed E-state index contributed by atoms with van der Waals surface area (Å²) in [7, 11) is 0. The Labute approximate surface area is 158 Å². The highest BCUT2D eigenvalue weighted by molar-refractivity contribution is 7.20. The summed E-state index contributed by atoms with van der Waals surface area (Å²) in [6.07, 6.45) is 4.93. The Morgan fingerprint density at radius 1 is 1.07 bits per heavy atom. The maximum absolute atomic E-state index is 12.6. The number of carbonyl (C=O) groups is 2. The van der Waals surface area contributed by atoms with Crippen molar-refractivity contribution in [2.24, 2.45) is 0 Å². The molecular formula is C20H18N2O4S. The van der Waals surface area contributed by atoms with E-state index < -0.39 is 11.9 Å². The highest BCUT2D eigenvalue weighted by Crippen LogP contribution is 2.28. The van der Waals surface area contributed by atoms with Crippen molar-refractivity contribution in [3.05, 3.63) is 62.4 Å². The van der Waals surface area contributed by atoms with E-state index in [9.17, 15) is 14.4 Å². The van der Waals surface area contributed by atoms with Gasteiger partial charge in [0.05, 0.1) is 0 Å². The number of aromatic nitrogens is 1. The molecule has 6 nitrogen and oxygen atoms in total. The number of hydrogen-bond donors (Lipinski definition) is 3. The third-order valence-corrected chi connectivity index (χ3v) is 5.92. The van der Waals surface area contributed by atoms with Gasteiger partial charge in [-0.1, -0.05) is 6.42 Å². The first-order chi connectivity index (χ1) is 13.0. The smallest absolute Gasteiger partial charge is 0.345 e. The number of fused-ring (bicyclic) bond motifs is 2. The predicted molar refractivity (Wildman–Crippen MR) is 105 cm³/mol. The van der Waals surface area contributed by atoms with Crippen LogP contribution >= 0.6 is 11.3 Å². The van der Waals surface area contributed by atoms with Crippen molar-refractivity contribution >= 4 is 39.0 Å². The van der Waals surface area contributed by atoms with Crippen molar-refractivity contribution in [2.75, 3.05) is 5.32 Å².